The smallest absolute Gasteiger partial charge is 0.0961 e. The van der Waals surface area contributed by atoms with Gasteiger partial charge in [0, 0.05) is 21.5 Å². The van der Waals surface area contributed by atoms with E-state index in [1.807, 2.05) is 42.6 Å². The number of nitrogens with one attached hydrogen (secondary N) is 2. The molecule has 0 saturated heterocycles. The lowest BCUT2D eigenvalue weighted by Crippen LogP contribution is -1.84. The summed E-state index contributed by atoms with van der Waals surface area (Å²) >= 11 is 5.94. The molecule has 0 aliphatic carbocycles. The molecule has 2 aromatic heterocycles. The fourth-order valence-corrected chi connectivity index (χ4v) is 2.57. The second-order valence-electron chi connectivity index (χ2n) is 4.81. The largest absolute Gasteiger partial charge is 0.344 e. The quantitative estimate of drug-likeness (QED) is 0.580. The van der Waals surface area contributed by atoms with E-state index in [1.165, 1.54) is 0 Å². The average Bonchev–Trinajstić information content (AvgIpc) is 3.16. The molecule has 0 aliphatic heterocycles. The summed E-state index contributed by atoms with van der Waals surface area (Å²) in [6.07, 6.45) is 3.52. The van der Waals surface area contributed by atoms with Crippen molar-refractivity contribution in [1.29, 1.82) is 0 Å². The zero-order valence-corrected chi connectivity index (χ0v) is 11.7. The lowest BCUT2D eigenvalue weighted by molar-refractivity contribution is 1.12. The molecule has 4 aromatic rings. The molecule has 0 radical (unpaired) electrons. The summed E-state index contributed by atoms with van der Waals surface area (Å²) in [5.41, 5.74) is 5.02. The van der Waals surface area contributed by atoms with Gasteiger partial charge in [0.15, 0.2) is 0 Å². The van der Waals surface area contributed by atoms with Crippen molar-refractivity contribution in [2.24, 2.45) is 0 Å². The molecule has 0 bridgehead atoms. The summed E-state index contributed by atoms with van der Waals surface area (Å²) in [5, 5.41) is 8.79. The zero-order valence-electron chi connectivity index (χ0n) is 11.0. The summed E-state index contributed by atoms with van der Waals surface area (Å²) in [4.78, 5) is 7.66. The van der Waals surface area contributed by atoms with Crippen molar-refractivity contribution in [3.8, 4) is 22.5 Å². The number of nitrogens with zero attached hydrogens (tertiary/aromatic N) is 2. The van der Waals surface area contributed by atoms with Crippen molar-refractivity contribution < 1.29 is 0 Å². The summed E-state index contributed by atoms with van der Waals surface area (Å²) in [6.45, 7) is 0. The Labute approximate surface area is 125 Å². The van der Waals surface area contributed by atoms with Gasteiger partial charge in [0.2, 0.25) is 0 Å². The molecule has 2 aromatic carbocycles. The number of imidazole rings is 1. The summed E-state index contributed by atoms with van der Waals surface area (Å²) in [5.74, 6) is 0. The molecule has 4 rings (SSSR count). The van der Waals surface area contributed by atoms with Crippen LogP contribution in [0.15, 0.2) is 55.0 Å². The van der Waals surface area contributed by atoms with Crippen LogP contribution in [0.4, 0.5) is 0 Å². The van der Waals surface area contributed by atoms with Gasteiger partial charge in [-0.3, -0.25) is 5.10 Å². The van der Waals surface area contributed by atoms with Crippen LogP contribution in [0.25, 0.3) is 33.4 Å². The predicted molar refractivity (Wildman–Crippen MR) is 84.1 cm³/mol. The molecule has 0 atom stereocenters. The van der Waals surface area contributed by atoms with Gasteiger partial charge >= 0.3 is 0 Å². The second-order valence-corrected chi connectivity index (χ2v) is 5.24. The molecule has 2 heterocycles. The first-order valence-corrected chi connectivity index (χ1v) is 6.92. The zero-order chi connectivity index (χ0) is 14.2. The minimum Gasteiger partial charge on any atom is -0.344 e. The summed E-state index contributed by atoms with van der Waals surface area (Å²) < 4.78 is 0. The normalized spacial score (nSPS) is 11.1. The third-order valence-corrected chi connectivity index (χ3v) is 3.74. The fraction of sp³-hybridized carbons (Fsp3) is 0. The van der Waals surface area contributed by atoms with Gasteiger partial charge in [0.1, 0.15) is 0 Å². The highest BCUT2D eigenvalue weighted by atomic mass is 35.5. The third-order valence-electron chi connectivity index (χ3n) is 3.49. The van der Waals surface area contributed by atoms with E-state index in [9.17, 15) is 0 Å². The monoisotopic (exact) mass is 294 g/mol. The number of aromatic amines is 2. The number of aromatic nitrogens is 4. The number of benzene rings is 2. The number of hydrogen-bond acceptors (Lipinski definition) is 2. The van der Waals surface area contributed by atoms with Crippen LogP contribution in [-0.2, 0) is 0 Å². The van der Waals surface area contributed by atoms with Crippen LogP contribution in [0.3, 0.4) is 0 Å². The first-order valence-electron chi connectivity index (χ1n) is 6.54. The topological polar surface area (TPSA) is 57.4 Å². The van der Waals surface area contributed by atoms with Crippen LogP contribution < -0.4 is 0 Å². The highest BCUT2D eigenvalue weighted by molar-refractivity contribution is 6.30. The number of H-pyrrole nitrogens is 2. The molecule has 21 heavy (non-hydrogen) atoms. The van der Waals surface area contributed by atoms with E-state index >= 15 is 0 Å². The lowest BCUT2D eigenvalue weighted by Gasteiger charge is -2.04. The Hall–Kier alpha value is -2.59. The van der Waals surface area contributed by atoms with Gasteiger partial charge in [-0.2, -0.15) is 5.10 Å². The molecule has 0 unspecified atom stereocenters. The van der Waals surface area contributed by atoms with Crippen molar-refractivity contribution in [3.63, 3.8) is 0 Å². The summed E-state index contributed by atoms with van der Waals surface area (Å²) in [6, 6.07) is 13.8. The van der Waals surface area contributed by atoms with E-state index in [-0.39, 0.29) is 0 Å². The van der Waals surface area contributed by atoms with Gasteiger partial charge < -0.3 is 4.98 Å². The van der Waals surface area contributed by atoms with Crippen LogP contribution in [-0.4, -0.2) is 20.2 Å². The van der Waals surface area contributed by atoms with Gasteiger partial charge in [0.05, 0.1) is 29.4 Å². The summed E-state index contributed by atoms with van der Waals surface area (Å²) in [7, 11) is 0. The molecule has 0 amide bonds. The molecule has 0 fully saturated rings. The number of rotatable bonds is 2. The van der Waals surface area contributed by atoms with Crippen LogP contribution in [0.2, 0.25) is 5.02 Å². The second kappa shape index (κ2) is 4.75. The van der Waals surface area contributed by atoms with Gasteiger partial charge in [0.25, 0.3) is 0 Å². The van der Waals surface area contributed by atoms with Crippen molar-refractivity contribution in [2.45, 2.75) is 0 Å². The molecule has 0 saturated carbocycles. The fourth-order valence-electron chi connectivity index (χ4n) is 2.44. The number of fused-ring (bicyclic) bond motifs is 1. The molecule has 0 aliphatic rings. The van der Waals surface area contributed by atoms with Gasteiger partial charge in [-0.25, -0.2) is 4.98 Å². The minimum atomic E-state index is 0.718. The Morgan fingerprint density at radius 3 is 2.62 bits per heavy atom. The van der Waals surface area contributed by atoms with Crippen molar-refractivity contribution in [1.82, 2.24) is 20.2 Å². The molecule has 102 valence electrons. The van der Waals surface area contributed by atoms with E-state index in [4.69, 9.17) is 11.6 Å². The highest BCUT2D eigenvalue weighted by Gasteiger charge is 2.11. The van der Waals surface area contributed by atoms with Gasteiger partial charge in [-0.05, 0) is 24.3 Å². The Morgan fingerprint density at radius 2 is 1.76 bits per heavy atom. The standard InChI is InChI=1S/C16H11ClN4/c17-13-4-1-10(2-5-13)15-16(19-9-18-15)11-3-6-14-12(7-11)8-20-21-14/h1-9H,(H,18,19)(H,20,21). The maximum Gasteiger partial charge on any atom is 0.0961 e. The minimum absolute atomic E-state index is 0.718. The van der Waals surface area contributed by atoms with E-state index in [2.05, 4.69) is 26.2 Å². The number of halogens is 1. The van der Waals surface area contributed by atoms with Crippen LogP contribution in [0.1, 0.15) is 0 Å². The van der Waals surface area contributed by atoms with Gasteiger partial charge in [-0.15, -0.1) is 0 Å². The van der Waals surface area contributed by atoms with E-state index in [1.54, 1.807) is 6.33 Å². The van der Waals surface area contributed by atoms with E-state index < -0.39 is 0 Å². The molecule has 2 N–H and O–H groups in total. The Balaban J connectivity index is 1.85. The third kappa shape index (κ3) is 2.10. The van der Waals surface area contributed by atoms with Gasteiger partial charge in [-0.1, -0.05) is 29.8 Å². The average molecular weight is 295 g/mol. The van der Waals surface area contributed by atoms with Crippen LogP contribution >= 0.6 is 11.6 Å². The first-order chi connectivity index (χ1) is 10.3. The van der Waals surface area contributed by atoms with Crippen molar-refractivity contribution in [2.75, 3.05) is 0 Å². The molecule has 5 heteroatoms. The van der Waals surface area contributed by atoms with Crippen molar-refractivity contribution >= 4 is 22.5 Å². The predicted octanol–water partition coefficient (Wildman–Crippen LogP) is 4.27. The number of hydrogen-bond donors (Lipinski definition) is 2. The van der Waals surface area contributed by atoms with Crippen LogP contribution in [0.5, 0.6) is 0 Å². The first kappa shape index (κ1) is 12.2. The molecule has 0 spiro atoms. The van der Waals surface area contributed by atoms with Crippen LogP contribution in [0, 0.1) is 0 Å². The Kier molecular flexibility index (Phi) is 2.75. The van der Waals surface area contributed by atoms with E-state index in [0.717, 1.165) is 38.4 Å². The lowest BCUT2D eigenvalue weighted by atomic mass is 10.0. The van der Waals surface area contributed by atoms with Crippen molar-refractivity contribution in [3.05, 3.63) is 60.0 Å². The molecular formula is C16H11ClN4. The Morgan fingerprint density at radius 1 is 0.952 bits per heavy atom. The highest BCUT2D eigenvalue weighted by Crippen LogP contribution is 2.31. The maximum absolute atomic E-state index is 5.94. The maximum atomic E-state index is 5.94. The SMILES string of the molecule is Clc1ccc(-c2nc[nH]c2-c2ccc3[nH]ncc3c2)cc1. The molecule has 4 nitrogen and oxygen atoms in total. The van der Waals surface area contributed by atoms with E-state index in [0.29, 0.717) is 0 Å². The molecular weight excluding hydrogens is 284 g/mol. The Bertz CT molecular complexity index is 905.